The Labute approximate surface area is 165 Å². The summed E-state index contributed by atoms with van der Waals surface area (Å²) < 4.78 is 61.9. The van der Waals surface area contributed by atoms with Gasteiger partial charge in [-0.15, -0.1) is 0 Å². The third-order valence-corrected chi connectivity index (χ3v) is 6.98. The molecule has 0 spiro atoms. The minimum Gasteiger partial charge on any atom is -0.324 e. The van der Waals surface area contributed by atoms with Gasteiger partial charge in [0, 0.05) is 17.3 Å². The van der Waals surface area contributed by atoms with Crippen molar-refractivity contribution in [1.29, 1.82) is 0 Å². The van der Waals surface area contributed by atoms with Gasteiger partial charge in [-0.1, -0.05) is 36.4 Å². The Balaban J connectivity index is 1.93. The highest BCUT2D eigenvalue weighted by atomic mass is 32.2. The molecule has 0 aliphatic heterocycles. The Morgan fingerprint density at radius 3 is 2.24 bits per heavy atom. The highest BCUT2D eigenvalue weighted by Gasteiger charge is 2.43. The molecule has 1 N–H and O–H groups in total. The maximum absolute atomic E-state index is 12.9. The number of fused-ring (bicyclic) bond motifs is 1. The molecule has 9 heteroatoms. The number of pyridine rings is 1. The molecule has 5 nitrogen and oxygen atoms in total. The van der Waals surface area contributed by atoms with E-state index >= 15 is 0 Å². The molecule has 0 aliphatic rings. The monoisotopic (exact) mass is 422 g/mol. The Kier molecular flexibility index (Phi) is 5.12. The fraction of sp³-hybridized carbons (Fsp3) is 0.200. The number of benzene rings is 2. The minimum atomic E-state index is -4.69. The first-order chi connectivity index (χ1) is 13.4. The van der Waals surface area contributed by atoms with Crippen molar-refractivity contribution in [3.63, 3.8) is 0 Å². The van der Waals surface area contributed by atoms with Crippen molar-refractivity contribution in [1.82, 2.24) is 4.98 Å². The van der Waals surface area contributed by atoms with Gasteiger partial charge in [0.05, 0.1) is 4.90 Å². The first-order valence-corrected chi connectivity index (χ1v) is 10.00. The summed E-state index contributed by atoms with van der Waals surface area (Å²) >= 11 is 0. The summed E-state index contributed by atoms with van der Waals surface area (Å²) in [6.45, 7) is 2.39. The van der Waals surface area contributed by atoms with Crippen molar-refractivity contribution >= 4 is 32.2 Å². The van der Waals surface area contributed by atoms with E-state index in [-0.39, 0.29) is 0 Å². The maximum Gasteiger partial charge on any atom is 0.433 e. The van der Waals surface area contributed by atoms with Crippen LogP contribution in [0.3, 0.4) is 0 Å². The van der Waals surface area contributed by atoms with E-state index in [0.717, 1.165) is 16.8 Å². The standard InChI is InChI=1S/C20H17F3N2O3S/c1-19(2,29(27,28)14-10-11-17(24-12-14)20(21,22)23)18(26)25-16-9-5-7-13-6-3-4-8-15(13)16/h3-12H,1-2H3,(H,25,26). The number of carbonyl (C=O) groups excluding carboxylic acids is 1. The number of halogens is 3. The van der Waals surface area contributed by atoms with Gasteiger partial charge < -0.3 is 5.32 Å². The predicted octanol–water partition coefficient (Wildman–Crippen LogP) is 4.44. The molecule has 0 saturated carbocycles. The third-order valence-electron chi connectivity index (χ3n) is 4.59. The molecule has 0 aliphatic carbocycles. The van der Waals surface area contributed by atoms with Crippen molar-refractivity contribution in [2.45, 2.75) is 29.7 Å². The van der Waals surface area contributed by atoms with Gasteiger partial charge in [0.1, 0.15) is 10.4 Å². The molecular weight excluding hydrogens is 405 g/mol. The first kappa shape index (κ1) is 20.8. The first-order valence-electron chi connectivity index (χ1n) is 8.52. The van der Waals surface area contributed by atoms with Crippen LogP contribution in [0, 0.1) is 0 Å². The molecular formula is C20H17F3N2O3S. The highest BCUT2D eigenvalue weighted by molar-refractivity contribution is 7.93. The Morgan fingerprint density at radius 1 is 0.966 bits per heavy atom. The van der Waals surface area contributed by atoms with Gasteiger partial charge in [-0.05, 0) is 37.4 Å². The molecule has 0 bridgehead atoms. The number of sulfone groups is 1. The summed E-state index contributed by atoms with van der Waals surface area (Å²) in [5.74, 6) is -0.811. The highest BCUT2D eigenvalue weighted by Crippen LogP contribution is 2.31. The van der Waals surface area contributed by atoms with Crippen LogP contribution in [-0.2, 0) is 20.8 Å². The average Bonchev–Trinajstić information content (AvgIpc) is 2.67. The molecule has 3 rings (SSSR count). The van der Waals surface area contributed by atoms with E-state index in [9.17, 15) is 26.4 Å². The molecule has 1 heterocycles. The van der Waals surface area contributed by atoms with Crippen LogP contribution in [0.1, 0.15) is 19.5 Å². The van der Waals surface area contributed by atoms with Gasteiger partial charge in [-0.2, -0.15) is 13.2 Å². The second kappa shape index (κ2) is 7.14. The number of anilines is 1. The fourth-order valence-corrected chi connectivity index (χ4v) is 4.05. The molecule has 29 heavy (non-hydrogen) atoms. The van der Waals surface area contributed by atoms with Crippen LogP contribution in [-0.4, -0.2) is 24.1 Å². The number of rotatable bonds is 4. The lowest BCUT2D eigenvalue weighted by Gasteiger charge is -2.24. The molecule has 0 atom stereocenters. The maximum atomic E-state index is 12.9. The van der Waals surface area contributed by atoms with Crippen LogP contribution in [0.4, 0.5) is 18.9 Å². The second-order valence-corrected chi connectivity index (χ2v) is 9.37. The minimum absolute atomic E-state index is 0.432. The lowest BCUT2D eigenvalue weighted by Crippen LogP contribution is -2.44. The molecule has 1 amide bonds. The van der Waals surface area contributed by atoms with Crippen LogP contribution in [0.2, 0.25) is 0 Å². The molecule has 0 radical (unpaired) electrons. The molecule has 1 aromatic heterocycles. The number of nitrogens with one attached hydrogen (secondary N) is 1. The molecule has 3 aromatic rings. The van der Waals surface area contributed by atoms with Crippen molar-refractivity contribution in [2.75, 3.05) is 5.32 Å². The summed E-state index contributed by atoms with van der Waals surface area (Å²) in [6, 6.07) is 13.8. The van der Waals surface area contributed by atoms with E-state index in [4.69, 9.17) is 0 Å². The summed E-state index contributed by atoms with van der Waals surface area (Å²) in [5.41, 5.74) is -0.781. The predicted molar refractivity (Wildman–Crippen MR) is 103 cm³/mol. The van der Waals surface area contributed by atoms with E-state index in [1.165, 1.54) is 13.8 Å². The third kappa shape index (κ3) is 3.82. The number of aromatic nitrogens is 1. The van der Waals surface area contributed by atoms with E-state index in [1.54, 1.807) is 24.3 Å². The Hall–Kier alpha value is -2.94. The average molecular weight is 422 g/mol. The van der Waals surface area contributed by atoms with E-state index in [0.29, 0.717) is 18.0 Å². The summed E-state index contributed by atoms with van der Waals surface area (Å²) in [6.07, 6.45) is -4.07. The van der Waals surface area contributed by atoms with E-state index in [2.05, 4.69) is 10.3 Å². The number of carbonyl (C=O) groups is 1. The Morgan fingerprint density at radius 2 is 1.62 bits per heavy atom. The summed E-state index contributed by atoms with van der Waals surface area (Å²) in [5, 5.41) is 4.21. The second-order valence-electron chi connectivity index (χ2n) is 6.87. The lowest BCUT2D eigenvalue weighted by molar-refractivity contribution is -0.141. The quantitative estimate of drug-likeness (QED) is 0.674. The van der Waals surface area contributed by atoms with Gasteiger partial charge in [0.25, 0.3) is 0 Å². The Bertz CT molecular complexity index is 1170. The van der Waals surface area contributed by atoms with Crippen LogP contribution < -0.4 is 5.32 Å². The van der Waals surface area contributed by atoms with Crippen LogP contribution >= 0.6 is 0 Å². The van der Waals surface area contributed by atoms with Crippen LogP contribution in [0.5, 0.6) is 0 Å². The smallest absolute Gasteiger partial charge is 0.324 e. The number of hydrogen-bond donors (Lipinski definition) is 1. The van der Waals surface area contributed by atoms with Gasteiger partial charge in [-0.3, -0.25) is 9.78 Å². The number of hydrogen-bond acceptors (Lipinski definition) is 4. The number of nitrogens with zero attached hydrogens (tertiary/aromatic N) is 1. The molecule has 0 saturated heterocycles. The van der Waals surface area contributed by atoms with Crippen LogP contribution in [0.15, 0.2) is 65.7 Å². The molecule has 0 fully saturated rings. The molecule has 152 valence electrons. The fourth-order valence-electron chi connectivity index (χ4n) is 2.73. The number of alkyl halides is 3. The van der Waals surface area contributed by atoms with E-state index < -0.39 is 37.3 Å². The van der Waals surface area contributed by atoms with Gasteiger partial charge >= 0.3 is 6.18 Å². The largest absolute Gasteiger partial charge is 0.433 e. The summed E-state index contributed by atoms with van der Waals surface area (Å²) in [4.78, 5) is 15.5. The zero-order valence-electron chi connectivity index (χ0n) is 15.5. The normalized spacial score (nSPS) is 12.7. The summed E-state index contributed by atoms with van der Waals surface area (Å²) in [7, 11) is -4.32. The number of amides is 1. The molecule has 0 unspecified atom stereocenters. The van der Waals surface area contributed by atoms with Gasteiger partial charge in [0.2, 0.25) is 5.91 Å². The van der Waals surface area contributed by atoms with Crippen LogP contribution in [0.25, 0.3) is 10.8 Å². The lowest BCUT2D eigenvalue weighted by atomic mass is 10.1. The van der Waals surface area contributed by atoms with Crippen molar-refractivity contribution < 1.29 is 26.4 Å². The van der Waals surface area contributed by atoms with Gasteiger partial charge in [-0.25, -0.2) is 8.42 Å². The van der Waals surface area contributed by atoms with Gasteiger partial charge in [0.15, 0.2) is 9.84 Å². The SMILES string of the molecule is CC(C)(C(=O)Nc1cccc2ccccc12)S(=O)(=O)c1ccc(C(F)(F)F)nc1. The van der Waals surface area contributed by atoms with Crippen molar-refractivity contribution in [3.05, 3.63) is 66.5 Å². The topological polar surface area (TPSA) is 76.1 Å². The zero-order chi connectivity index (χ0) is 21.4. The van der Waals surface area contributed by atoms with E-state index in [1.807, 2.05) is 18.2 Å². The van der Waals surface area contributed by atoms with Crippen molar-refractivity contribution in [2.24, 2.45) is 0 Å². The van der Waals surface area contributed by atoms with Crippen molar-refractivity contribution in [3.8, 4) is 0 Å². The molecule has 2 aromatic carbocycles. The zero-order valence-corrected chi connectivity index (χ0v) is 16.3.